The van der Waals surface area contributed by atoms with Crippen LogP contribution in [0.4, 0.5) is 5.69 Å². The van der Waals surface area contributed by atoms with Gasteiger partial charge in [0.2, 0.25) is 0 Å². The zero-order valence-electron chi connectivity index (χ0n) is 10.1. The third-order valence-corrected chi connectivity index (χ3v) is 4.14. The summed E-state index contributed by atoms with van der Waals surface area (Å²) in [6.45, 7) is 1.86. The van der Waals surface area contributed by atoms with Gasteiger partial charge in [0.05, 0.1) is 0 Å². The van der Waals surface area contributed by atoms with Crippen molar-refractivity contribution in [1.29, 1.82) is 0 Å². The minimum absolute atomic E-state index is 0.210. The van der Waals surface area contributed by atoms with Gasteiger partial charge in [0.15, 0.2) is 0 Å². The van der Waals surface area contributed by atoms with E-state index in [1.807, 2.05) is 13.0 Å². The van der Waals surface area contributed by atoms with E-state index in [-0.39, 0.29) is 15.7 Å². The van der Waals surface area contributed by atoms with E-state index in [9.17, 15) is 13.5 Å². The summed E-state index contributed by atoms with van der Waals surface area (Å²) >= 11 is 5.67. The van der Waals surface area contributed by atoms with Crippen molar-refractivity contribution in [3.8, 4) is 5.75 Å². The summed E-state index contributed by atoms with van der Waals surface area (Å²) in [5, 5.41) is 9.93. The summed E-state index contributed by atoms with van der Waals surface area (Å²) < 4.78 is 26.7. The highest BCUT2D eigenvalue weighted by Crippen LogP contribution is 2.27. The molecule has 2 aromatic rings. The molecule has 6 heteroatoms. The van der Waals surface area contributed by atoms with E-state index < -0.39 is 10.0 Å². The molecule has 0 saturated heterocycles. The number of phenols is 1. The van der Waals surface area contributed by atoms with Crippen molar-refractivity contribution < 1.29 is 13.5 Å². The highest BCUT2D eigenvalue weighted by Gasteiger charge is 2.18. The van der Waals surface area contributed by atoms with Crippen molar-refractivity contribution in [2.45, 2.75) is 11.8 Å². The molecule has 0 aromatic heterocycles. The first-order chi connectivity index (χ1) is 8.88. The van der Waals surface area contributed by atoms with E-state index in [1.165, 1.54) is 18.2 Å². The number of halogens is 1. The normalized spacial score (nSPS) is 11.3. The molecule has 100 valence electrons. The first kappa shape index (κ1) is 13.7. The van der Waals surface area contributed by atoms with Crippen LogP contribution in [0.5, 0.6) is 5.75 Å². The van der Waals surface area contributed by atoms with Crippen LogP contribution in [-0.2, 0) is 10.0 Å². The fraction of sp³-hybridized carbons (Fsp3) is 0.0769. The molecule has 0 bridgehead atoms. The molecule has 2 N–H and O–H groups in total. The number of aromatic hydroxyl groups is 1. The maximum Gasteiger partial charge on any atom is 0.265 e. The zero-order valence-corrected chi connectivity index (χ0v) is 11.7. The molecule has 0 spiro atoms. The van der Waals surface area contributed by atoms with Crippen LogP contribution < -0.4 is 4.72 Å². The SMILES string of the molecule is Cc1cccc(NS(=O)(=O)c2ccc(Cl)cc2O)c1. The van der Waals surface area contributed by atoms with Crippen molar-refractivity contribution in [2.24, 2.45) is 0 Å². The summed E-state index contributed by atoms with van der Waals surface area (Å²) in [4.78, 5) is -0.210. The second-order valence-corrected chi connectivity index (χ2v) is 6.17. The topological polar surface area (TPSA) is 66.4 Å². The number of rotatable bonds is 3. The van der Waals surface area contributed by atoms with E-state index in [4.69, 9.17) is 11.6 Å². The Morgan fingerprint density at radius 3 is 2.53 bits per heavy atom. The molecule has 0 aliphatic heterocycles. The largest absolute Gasteiger partial charge is 0.506 e. The van der Waals surface area contributed by atoms with Gasteiger partial charge in [0.25, 0.3) is 10.0 Å². The van der Waals surface area contributed by atoms with Gasteiger partial charge in [-0.25, -0.2) is 8.42 Å². The monoisotopic (exact) mass is 297 g/mol. The van der Waals surface area contributed by atoms with Crippen molar-refractivity contribution in [3.63, 3.8) is 0 Å². The number of sulfonamides is 1. The van der Waals surface area contributed by atoms with Gasteiger partial charge < -0.3 is 5.11 Å². The molecule has 0 saturated carbocycles. The minimum atomic E-state index is -3.84. The number of hydrogen-bond acceptors (Lipinski definition) is 3. The second-order valence-electron chi connectivity index (χ2n) is 4.09. The molecule has 2 aromatic carbocycles. The van der Waals surface area contributed by atoms with Gasteiger partial charge >= 0.3 is 0 Å². The van der Waals surface area contributed by atoms with Crippen LogP contribution in [0.1, 0.15) is 5.56 Å². The number of anilines is 1. The van der Waals surface area contributed by atoms with Crippen LogP contribution in [0.15, 0.2) is 47.4 Å². The predicted octanol–water partition coefficient (Wildman–Crippen LogP) is 3.15. The first-order valence-corrected chi connectivity index (χ1v) is 7.32. The van der Waals surface area contributed by atoms with Crippen LogP contribution in [0, 0.1) is 6.92 Å². The Morgan fingerprint density at radius 2 is 1.89 bits per heavy atom. The average Bonchev–Trinajstić information content (AvgIpc) is 2.27. The van der Waals surface area contributed by atoms with Crippen LogP contribution in [-0.4, -0.2) is 13.5 Å². The highest BCUT2D eigenvalue weighted by molar-refractivity contribution is 7.92. The molecule has 2 rings (SSSR count). The number of nitrogens with one attached hydrogen (secondary N) is 1. The number of benzene rings is 2. The smallest absolute Gasteiger partial charge is 0.265 e. The standard InChI is InChI=1S/C13H12ClNO3S/c1-9-3-2-4-11(7-9)15-19(17,18)13-6-5-10(14)8-12(13)16/h2-8,15-16H,1H3. The molecule has 19 heavy (non-hydrogen) atoms. The van der Waals surface area contributed by atoms with E-state index >= 15 is 0 Å². The van der Waals surface area contributed by atoms with Gasteiger partial charge in [-0.05, 0) is 42.8 Å². The van der Waals surface area contributed by atoms with Crippen molar-refractivity contribution in [3.05, 3.63) is 53.1 Å². The molecular formula is C13H12ClNO3S. The lowest BCUT2D eigenvalue weighted by atomic mass is 10.2. The minimum Gasteiger partial charge on any atom is -0.506 e. The van der Waals surface area contributed by atoms with E-state index in [1.54, 1.807) is 18.2 Å². The maximum atomic E-state index is 12.1. The summed E-state index contributed by atoms with van der Waals surface area (Å²) in [5.74, 6) is -0.382. The molecule has 4 nitrogen and oxygen atoms in total. The Balaban J connectivity index is 2.38. The summed E-state index contributed by atoms with van der Waals surface area (Å²) in [6, 6.07) is 10.8. The molecule has 0 radical (unpaired) electrons. The average molecular weight is 298 g/mol. The molecule has 0 heterocycles. The van der Waals surface area contributed by atoms with Gasteiger partial charge in [-0.3, -0.25) is 4.72 Å². The van der Waals surface area contributed by atoms with Gasteiger partial charge in [-0.1, -0.05) is 23.7 Å². The molecule has 0 fully saturated rings. The molecule has 0 atom stereocenters. The Bertz CT molecular complexity index is 714. The molecule has 0 aliphatic rings. The van der Waals surface area contributed by atoms with Crippen molar-refractivity contribution in [1.82, 2.24) is 0 Å². The van der Waals surface area contributed by atoms with Crippen LogP contribution >= 0.6 is 11.6 Å². The van der Waals surface area contributed by atoms with E-state index in [2.05, 4.69) is 4.72 Å². The van der Waals surface area contributed by atoms with Crippen LogP contribution in [0.25, 0.3) is 0 Å². The Hall–Kier alpha value is -1.72. The fourth-order valence-electron chi connectivity index (χ4n) is 1.64. The fourth-order valence-corrected chi connectivity index (χ4v) is 2.93. The van der Waals surface area contributed by atoms with Crippen LogP contribution in [0.2, 0.25) is 5.02 Å². The van der Waals surface area contributed by atoms with Gasteiger partial charge in [0.1, 0.15) is 10.6 Å². The molecular weight excluding hydrogens is 286 g/mol. The maximum absolute atomic E-state index is 12.1. The summed E-state index contributed by atoms with van der Waals surface area (Å²) in [7, 11) is -3.84. The van der Waals surface area contributed by atoms with E-state index in [0.717, 1.165) is 5.56 Å². The quantitative estimate of drug-likeness (QED) is 0.914. The number of aryl methyl sites for hydroxylation is 1. The van der Waals surface area contributed by atoms with E-state index in [0.29, 0.717) is 5.69 Å². The third kappa shape index (κ3) is 3.19. The van der Waals surface area contributed by atoms with Crippen molar-refractivity contribution >= 4 is 27.3 Å². The van der Waals surface area contributed by atoms with Gasteiger partial charge in [-0.2, -0.15) is 0 Å². The lowest BCUT2D eigenvalue weighted by Gasteiger charge is -2.10. The molecule has 0 aliphatic carbocycles. The molecule has 0 amide bonds. The first-order valence-electron chi connectivity index (χ1n) is 5.46. The Morgan fingerprint density at radius 1 is 1.16 bits per heavy atom. The second kappa shape index (κ2) is 5.11. The van der Waals surface area contributed by atoms with Crippen LogP contribution in [0.3, 0.4) is 0 Å². The van der Waals surface area contributed by atoms with Gasteiger partial charge in [-0.15, -0.1) is 0 Å². The lowest BCUT2D eigenvalue weighted by molar-refractivity contribution is 0.459. The highest BCUT2D eigenvalue weighted by atomic mass is 35.5. The predicted molar refractivity (Wildman–Crippen MR) is 75.1 cm³/mol. The third-order valence-electron chi connectivity index (χ3n) is 2.48. The number of hydrogen-bond donors (Lipinski definition) is 2. The Labute approximate surface area is 116 Å². The Kier molecular flexibility index (Phi) is 3.68. The zero-order chi connectivity index (χ0) is 14.0. The van der Waals surface area contributed by atoms with Gasteiger partial charge in [0, 0.05) is 10.7 Å². The lowest BCUT2D eigenvalue weighted by Crippen LogP contribution is -2.13. The van der Waals surface area contributed by atoms with Crippen molar-refractivity contribution in [2.75, 3.05) is 4.72 Å². The summed E-state index contributed by atoms with van der Waals surface area (Å²) in [5.41, 5.74) is 1.37. The molecule has 0 unspecified atom stereocenters. The summed E-state index contributed by atoms with van der Waals surface area (Å²) in [6.07, 6.45) is 0. The number of phenolic OH excluding ortho intramolecular Hbond substituents is 1.